The van der Waals surface area contributed by atoms with Crippen molar-refractivity contribution in [1.29, 1.82) is 0 Å². The van der Waals surface area contributed by atoms with Crippen LogP contribution >= 0.6 is 27.7 Å². The Kier molecular flexibility index (Phi) is 7.89. The van der Waals surface area contributed by atoms with Crippen molar-refractivity contribution in [2.24, 2.45) is 11.8 Å². The van der Waals surface area contributed by atoms with Gasteiger partial charge in [-0.1, -0.05) is 58.9 Å². The van der Waals surface area contributed by atoms with Gasteiger partial charge in [0, 0.05) is 16.6 Å². The van der Waals surface area contributed by atoms with Crippen LogP contribution in [0.15, 0.2) is 49.6 Å². The number of aliphatic hydroxyl groups excluding tert-OH is 1. The number of aliphatic hydroxyl groups is 1. The second kappa shape index (κ2) is 11.1. The summed E-state index contributed by atoms with van der Waals surface area (Å²) in [6, 6.07) is 6.04. The number of halogens is 1. The van der Waals surface area contributed by atoms with Crippen LogP contribution in [0.3, 0.4) is 0 Å². The van der Waals surface area contributed by atoms with E-state index in [2.05, 4.69) is 39.4 Å². The van der Waals surface area contributed by atoms with Crippen LogP contribution in [0.1, 0.15) is 19.8 Å². The number of esters is 1. The van der Waals surface area contributed by atoms with Crippen LogP contribution in [0.4, 0.5) is 0 Å². The Morgan fingerprint density at radius 2 is 2.13 bits per heavy atom. The molecule has 1 spiro atoms. The number of alkyl halides is 1. The number of rotatable bonds is 11. The van der Waals surface area contributed by atoms with E-state index in [1.807, 2.05) is 31.2 Å². The molecule has 2 aromatic rings. The molecule has 2 bridgehead atoms. The summed E-state index contributed by atoms with van der Waals surface area (Å²) in [4.78, 5) is 45.0. The Labute approximate surface area is 239 Å². The molecule has 7 atom stereocenters. The minimum absolute atomic E-state index is 0.0485. The molecule has 10 nitrogen and oxygen atoms in total. The number of carbonyl (C=O) groups excluding carboxylic acids is 3. The molecule has 39 heavy (non-hydrogen) atoms. The van der Waals surface area contributed by atoms with Gasteiger partial charge in [-0.2, -0.15) is 0 Å². The van der Waals surface area contributed by atoms with E-state index in [0.29, 0.717) is 18.4 Å². The van der Waals surface area contributed by atoms with Gasteiger partial charge in [0.15, 0.2) is 0 Å². The zero-order valence-electron chi connectivity index (χ0n) is 21.7. The first-order valence-electron chi connectivity index (χ1n) is 13.0. The lowest BCUT2D eigenvalue weighted by atomic mass is 9.71. The summed E-state index contributed by atoms with van der Waals surface area (Å²) in [7, 11) is 0. The summed E-state index contributed by atoms with van der Waals surface area (Å²) in [5, 5.41) is 18.5. The van der Waals surface area contributed by atoms with E-state index in [-0.39, 0.29) is 48.3 Å². The Morgan fingerprint density at radius 1 is 1.36 bits per heavy atom. The van der Waals surface area contributed by atoms with Gasteiger partial charge < -0.3 is 19.6 Å². The van der Waals surface area contributed by atoms with Crippen LogP contribution in [0, 0.1) is 11.8 Å². The third kappa shape index (κ3) is 4.40. The average molecular weight is 619 g/mol. The number of hydrogen-bond donors (Lipinski definition) is 1. The van der Waals surface area contributed by atoms with E-state index >= 15 is 0 Å². The SMILES string of the molecule is C=CCOC(=O)[C@H]1[C@H]2C(=O)N([C@@H](CC)CO)C(C(=O)N(CC=C)Cn3nnc4ccccc43)C23CC(Br)[C@@H]1S3. The van der Waals surface area contributed by atoms with Crippen LogP contribution in [-0.2, 0) is 25.8 Å². The number of amides is 2. The molecule has 1 aromatic heterocycles. The summed E-state index contributed by atoms with van der Waals surface area (Å²) >= 11 is 5.27. The van der Waals surface area contributed by atoms with E-state index in [0.717, 1.165) is 5.52 Å². The number of carbonyl (C=O) groups is 3. The van der Waals surface area contributed by atoms with Crippen molar-refractivity contribution in [2.45, 2.75) is 53.3 Å². The molecule has 0 saturated carbocycles. The molecule has 3 fully saturated rings. The summed E-state index contributed by atoms with van der Waals surface area (Å²) < 4.78 is 6.23. The van der Waals surface area contributed by atoms with Crippen LogP contribution in [0.2, 0.25) is 0 Å². The molecular formula is C27H32BrN5O5S. The lowest BCUT2D eigenvalue weighted by molar-refractivity contribution is -0.153. The quantitative estimate of drug-likeness (QED) is 0.232. The number of benzene rings is 1. The van der Waals surface area contributed by atoms with Gasteiger partial charge in [0.1, 0.15) is 24.8 Å². The highest BCUT2D eigenvalue weighted by atomic mass is 79.9. The Balaban J connectivity index is 1.56. The van der Waals surface area contributed by atoms with Crippen molar-refractivity contribution in [3.63, 3.8) is 0 Å². The number of ether oxygens (including phenoxy) is 1. The van der Waals surface area contributed by atoms with E-state index in [1.54, 1.807) is 20.6 Å². The predicted octanol–water partition coefficient (Wildman–Crippen LogP) is 2.37. The van der Waals surface area contributed by atoms with Gasteiger partial charge >= 0.3 is 5.97 Å². The van der Waals surface area contributed by atoms with Crippen molar-refractivity contribution in [1.82, 2.24) is 24.8 Å². The zero-order valence-corrected chi connectivity index (χ0v) is 24.1. The largest absolute Gasteiger partial charge is 0.461 e. The Morgan fingerprint density at radius 3 is 2.82 bits per heavy atom. The van der Waals surface area contributed by atoms with Gasteiger partial charge in [0.25, 0.3) is 0 Å². The second-order valence-electron chi connectivity index (χ2n) is 10.1. The second-order valence-corrected chi connectivity index (χ2v) is 12.9. The first-order valence-corrected chi connectivity index (χ1v) is 14.8. The molecule has 12 heteroatoms. The van der Waals surface area contributed by atoms with Crippen LogP contribution < -0.4 is 0 Å². The molecule has 0 aliphatic carbocycles. The minimum atomic E-state index is -0.880. The van der Waals surface area contributed by atoms with Crippen LogP contribution in [-0.4, -0.2) is 94.4 Å². The molecular weight excluding hydrogens is 586 g/mol. The summed E-state index contributed by atoms with van der Waals surface area (Å²) in [5.41, 5.74) is 1.48. The standard InChI is InChI=1S/C27H32BrN5O5S/c1-4-11-31(15-32-19-10-8-7-9-18(19)29-30-32)25(36)23-27-13-17(28)22(39-27)20(26(37)38-12-5-2)21(27)24(35)33(23)16(6-3)14-34/h4-5,7-10,16-17,20-23,34H,1-2,6,11-15H2,3H3/t16-,17?,20-,21-,22-,23?,27?/m0/s1. The molecule has 0 radical (unpaired) electrons. The fourth-order valence-electron chi connectivity index (χ4n) is 6.39. The molecule has 1 N–H and O–H groups in total. The first-order chi connectivity index (χ1) is 18.8. The monoisotopic (exact) mass is 617 g/mol. The highest BCUT2D eigenvalue weighted by molar-refractivity contribution is 9.09. The third-order valence-corrected chi connectivity index (χ3v) is 11.3. The maximum Gasteiger partial charge on any atom is 0.311 e. The van der Waals surface area contributed by atoms with Gasteiger partial charge in [-0.15, -0.1) is 23.4 Å². The normalized spacial score (nSPS) is 29.9. The lowest BCUT2D eigenvalue weighted by Crippen LogP contribution is -2.57. The van der Waals surface area contributed by atoms with Crippen molar-refractivity contribution >= 4 is 56.5 Å². The molecule has 3 unspecified atom stereocenters. The van der Waals surface area contributed by atoms with E-state index < -0.39 is 34.6 Å². The fraction of sp³-hybridized carbons (Fsp3) is 0.519. The minimum Gasteiger partial charge on any atom is -0.461 e. The van der Waals surface area contributed by atoms with Crippen LogP contribution in [0.25, 0.3) is 11.0 Å². The highest BCUT2D eigenvalue weighted by Crippen LogP contribution is 2.68. The molecule has 3 saturated heterocycles. The van der Waals surface area contributed by atoms with Crippen molar-refractivity contribution in [3.8, 4) is 0 Å². The van der Waals surface area contributed by atoms with Gasteiger partial charge in [0.2, 0.25) is 11.8 Å². The van der Waals surface area contributed by atoms with E-state index in [1.165, 1.54) is 17.8 Å². The first kappa shape index (κ1) is 27.9. The number of nitrogens with zero attached hydrogens (tertiary/aromatic N) is 5. The number of fused-ring (bicyclic) bond motifs is 2. The van der Waals surface area contributed by atoms with Gasteiger partial charge in [-0.3, -0.25) is 14.4 Å². The number of aromatic nitrogens is 3. The predicted molar refractivity (Wildman–Crippen MR) is 151 cm³/mol. The van der Waals surface area contributed by atoms with Gasteiger partial charge in [0.05, 0.1) is 34.7 Å². The number of likely N-dealkylation sites (tertiary alicyclic amines) is 1. The molecule has 2 amide bonds. The molecule has 4 heterocycles. The van der Waals surface area contributed by atoms with Crippen molar-refractivity contribution in [3.05, 3.63) is 49.6 Å². The summed E-state index contributed by atoms with van der Waals surface area (Å²) in [6.45, 7) is 9.43. The van der Waals surface area contributed by atoms with Crippen LogP contribution in [0.5, 0.6) is 0 Å². The summed E-state index contributed by atoms with van der Waals surface area (Å²) in [6.07, 6.45) is 4.13. The lowest BCUT2D eigenvalue weighted by Gasteiger charge is -2.39. The average Bonchev–Trinajstić information content (AvgIpc) is 3.65. The van der Waals surface area contributed by atoms with Gasteiger partial charge in [-0.25, -0.2) is 4.68 Å². The molecule has 3 aliphatic heterocycles. The Hall–Kier alpha value is -2.70. The maximum atomic E-state index is 14.6. The topological polar surface area (TPSA) is 118 Å². The number of para-hydroxylation sites is 1. The molecule has 1 aromatic carbocycles. The fourth-order valence-corrected chi connectivity index (χ4v) is 9.97. The van der Waals surface area contributed by atoms with Crippen molar-refractivity contribution < 1.29 is 24.2 Å². The molecule has 3 aliphatic rings. The number of hydrogen-bond acceptors (Lipinski definition) is 8. The van der Waals surface area contributed by atoms with Crippen molar-refractivity contribution in [2.75, 3.05) is 19.8 Å². The maximum absolute atomic E-state index is 14.6. The van der Waals surface area contributed by atoms with Gasteiger partial charge in [-0.05, 0) is 25.0 Å². The molecule has 5 rings (SSSR count). The number of thioether (sulfide) groups is 1. The third-order valence-electron chi connectivity index (χ3n) is 8.04. The zero-order chi connectivity index (χ0) is 27.9. The van der Waals surface area contributed by atoms with E-state index in [4.69, 9.17) is 4.74 Å². The smallest absolute Gasteiger partial charge is 0.311 e. The highest BCUT2D eigenvalue weighted by Gasteiger charge is 2.76. The van der Waals surface area contributed by atoms with E-state index in [9.17, 15) is 19.5 Å². The summed E-state index contributed by atoms with van der Waals surface area (Å²) in [5.74, 6) is -2.45. The molecule has 208 valence electrons. The Bertz CT molecular complexity index is 1300.